The molecule has 1 fully saturated rings. The summed E-state index contributed by atoms with van der Waals surface area (Å²) in [6.07, 6.45) is 4.80. The minimum absolute atomic E-state index is 0.0264. The van der Waals surface area contributed by atoms with Crippen molar-refractivity contribution in [1.82, 2.24) is 10.3 Å². The van der Waals surface area contributed by atoms with Crippen molar-refractivity contribution in [3.63, 3.8) is 0 Å². The number of carbonyl (C=O) groups is 1. The second-order valence-electron chi connectivity index (χ2n) is 7.32. The number of nitrogens with one attached hydrogen (secondary N) is 2. The Hall–Kier alpha value is -3.18. The van der Waals surface area contributed by atoms with E-state index in [4.69, 9.17) is 4.74 Å². The van der Waals surface area contributed by atoms with E-state index >= 15 is 0 Å². The molecule has 3 unspecified atom stereocenters. The van der Waals surface area contributed by atoms with Gasteiger partial charge in [0, 0.05) is 35.4 Å². The molecule has 4 rings (SSSR count). The highest BCUT2D eigenvalue weighted by atomic mass is 16.6. The zero-order chi connectivity index (χ0) is 22.1. The predicted octanol–water partition coefficient (Wildman–Crippen LogP) is 6.11. The maximum atomic E-state index is 12.7. The predicted molar refractivity (Wildman–Crippen MR) is 127 cm³/mol. The van der Waals surface area contributed by atoms with Crippen LogP contribution >= 0.6 is 0 Å². The molecule has 1 saturated heterocycles. The number of rotatable bonds is 5. The summed E-state index contributed by atoms with van der Waals surface area (Å²) in [6, 6.07) is 19.3. The SMILES string of the molecule is C=CC1CCC(C(OC(=O)Nc2ccccc2)c2ccnc3ccccc23)NC1.CC. The van der Waals surface area contributed by atoms with Gasteiger partial charge in [-0.15, -0.1) is 6.58 Å². The van der Waals surface area contributed by atoms with E-state index in [1.54, 1.807) is 6.20 Å². The van der Waals surface area contributed by atoms with Crippen LogP contribution in [0.5, 0.6) is 0 Å². The second kappa shape index (κ2) is 11.3. The summed E-state index contributed by atoms with van der Waals surface area (Å²) >= 11 is 0. The molecule has 1 aliphatic heterocycles. The largest absolute Gasteiger partial charge is 0.439 e. The number of nitrogens with zero attached hydrogens (tertiary/aromatic N) is 1. The lowest BCUT2D eigenvalue weighted by Crippen LogP contribution is -2.44. The fourth-order valence-corrected chi connectivity index (χ4v) is 3.87. The lowest BCUT2D eigenvalue weighted by Gasteiger charge is -2.34. The molecule has 0 aliphatic carbocycles. The Labute approximate surface area is 184 Å². The summed E-state index contributed by atoms with van der Waals surface area (Å²) < 4.78 is 5.99. The fourth-order valence-electron chi connectivity index (χ4n) is 3.87. The molecule has 2 heterocycles. The van der Waals surface area contributed by atoms with Crippen LogP contribution in [0.15, 0.2) is 79.5 Å². The third-order valence-corrected chi connectivity index (χ3v) is 5.43. The molecule has 0 saturated carbocycles. The molecule has 162 valence electrons. The molecule has 1 aliphatic rings. The maximum absolute atomic E-state index is 12.7. The molecule has 5 nitrogen and oxygen atoms in total. The first-order valence-electron chi connectivity index (χ1n) is 11.0. The number of fused-ring (bicyclic) bond motifs is 1. The minimum atomic E-state index is -0.463. The monoisotopic (exact) mass is 417 g/mol. The molecule has 1 aromatic heterocycles. The summed E-state index contributed by atoms with van der Waals surface area (Å²) in [6.45, 7) is 8.74. The molecule has 31 heavy (non-hydrogen) atoms. The summed E-state index contributed by atoms with van der Waals surface area (Å²) in [5, 5.41) is 7.38. The molecule has 0 spiro atoms. The van der Waals surface area contributed by atoms with E-state index in [0.717, 1.165) is 35.9 Å². The smallest absolute Gasteiger partial charge is 0.412 e. The van der Waals surface area contributed by atoms with Crippen molar-refractivity contribution < 1.29 is 9.53 Å². The van der Waals surface area contributed by atoms with Crippen molar-refractivity contribution >= 4 is 22.7 Å². The van der Waals surface area contributed by atoms with Gasteiger partial charge in [-0.25, -0.2) is 4.79 Å². The number of carbonyl (C=O) groups excluding carboxylic acids is 1. The zero-order valence-corrected chi connectivity index (χ0v) is 18.3. The van der Waals surface area contributed by atoms with Crippen molar-refractivity contribution in [1.29, 1.82) is 0 Å². The van der Waals surface area contributed by atoms with Gasteiger partial charge in [-0.3, -0.25) is 10.3 Å². The molecule has 2 N–H and O–H groups in total. The molecular weight excluding hydrogens is 386 g/mol. The van der Waals surface area contributed by atoms with Crippen molar-refractivity contribution in [3.05, 3.63) is 85.1 Å². The molecule has 0 radical (unpaired) electrons. The first-order chi connectivity index (χ1) is 15.2. The Morgan fingerprint density at radius 2 is 1.87 bits per heavy atom. The normalized spacial score (nSPS) is 18.9. The van der Waals surface area contributed by atoms with Gasteiger partial charge in [-0.2, -0.15) is 0 Å². The zero-order valence-electron chi connectivity index (χ0n) is 18.3. The Kier molecular flexibility index (Phi) is 8.19. The van der Waals surface area contributed by atoms with Crippen LogP contribution in [0.3, 0.4) is 0 Å². The number of anilines is 1. The van der Waals surface area contributed by atoms with Crippen LogP contribution in [0.4, 0.5) is 10.5 Å². The Balaban J connectivity index is 0.00000132. The number of hydrogen-bond acceptors (Lipinski definition) is 4. The number of benzene rings is 2. The highest BCUT2D eigenvalue weighted by Gasteiger charge is 2.31. The first-order valence-corrected chi connectivity index (χ1v) is 11.0. The van der Waals surface area contributed by atoms with E-state index in [2.05, 4.69) is 22.2 Å². The van der Waals surface area contributed by atoms with E-state index in [1.165, 1.54) is 0 Å². The Morgan fingerprint density at radius 1 is 1.13 bits per heavy atom. The van der Waals surface area contributed by atoms with Crippen molar-refractivity contribution in [2.45, 2.75) is 38.8 Å². The quantitative estimate of drug-likeness (QED) is 0.492. The molecule has 2 aromatic carbocycles. The third-order valence-electron chi connectivity index (χ3n) is 5.43. The van der Waals surface area contributed by atoms with Gasteiger partial charge >= 0.3 is 6.09 Å². The lowest BCUT2D eigenvalue weighted by molar-refractivity contribution is 0.0739. The van der Waals surface area contributed by atoms with E-state index in [0.29, 0.717) is 11.6 Å². The van der Waals surface area contributed by atoms with Crippen LogP contribution in [0.25, 0.3) is 10.9 Å². The van der Waals surface area contributed by atoms with Gasteiger partial charge in [0.2, 0.25) is 0 Å². The van der Waals surface area contributed by atoms with Crippen molar-refractivity contribution in [2.24, 2.45) is 5.92 Å². The number of pyridine rings is 1. The number of hydrogen-bond donors (Lipinski definition) is 2. The maximum Gasteiger partial charge on any atom is 0.412 e. The van der Waals surface area contributed by atoms with E-state index in [1.807, 2.05) is 80.6 Å². The van der Waals surface area contributed by atoms with Gasteiger partial charge in [-0.05, 0) is 43.0 Å². The van der Waals surface area contributed by atoms with Crippen LogP contribution in [-0.2, 0) is 4.74 Å². The average Bonchev–Trinajstić information content (AvgIpc) is 2.84. The van der Waals surface area contributed by atoms with Gasteiger partial charge in [0.25, 0.3) is 0 Å². The van der Waals surface area contributed by atoms with Gasteiger partial charge in [-0.1, -0.05) is 56.3 Å². The number of piperidine rings is 1. The van der Waals surface area contributed by atoms with E-state index < -0.39 is 12.2 Å². The summed E-state index contributed by atoms with van der Waals surface area (Å²) in [7, 11) is 0. The second-order valence-corrected chi connectivity index (χ2v) is 7.32. The van der Waals surface area contributed by atoms with Gasteiger partial charge in [0.1, 0.15) is 6.10 Å². The number of amides is 1. The summed E-state index contributed by atoms with van der Waals surface area (Å²) in [5.41, 5.74) is 2.56. The Morgan fingerprint density at radius 3 is 2.58 bits per heavy atom. The van der Waals surface area contributed by atoms with E-state index in [-0.39, 0.29) is 6.04 Å². The molecule has 3 atom stereocenters. The standard InChI is InChI=1S/C24H25N3O2.C2H6/c1-2-17-12-13-22(26-16-17)23(29-24(28)27-18-8-4-3-5-9-18)20-14-15-25-21-11-7-6-10-19(20)21;1-2/h2-11,14-15,17,22-23,26H,1,12-13,16H2,(H,27,28);1-2H3. The molecule has 1 amide bonds. The summed E-state index contributed by atoms with van der Waals surface area (Å²) in [5.74, 6) is 0.444. The molecular formula is C26H31N3O2. The Bertz CT molecular complexity index is 977. The third kappa shape index (κ3) is 5.70. The van der Waals surface area contributed by atoms with Crippen LogP contribution in [-0.4, -0.2) is 23.7 Å². The van der Waals surface area contributed by atoms with Crippen molar-refractivity contribution in [2.75, 3.05) is 11.9 Å². The molecule has 3 aromatic rings. The number of aromatic nitrogens is 1. The van der Waals surface area contributed by atoms with Crippen LogP contribution in [0.2, 0.25) is 0 Å². The number of para-hydroxylation sites is 2. The van der Waals surface area contributed by atoms with Gasteiger partial charge in [0.05, 0.1) is 5.52 Å². The highest BCUT2D eigenvalue weighted by Crippen LogP contribution is 2.32. The lowest BCUT2D eigenvalue weighted by atomic mass is 9.88. The van der Waals surface area contributed by atoms with E-state index in [9.17, 15) is 4.79 Å². The van der Waals surface area contributed by atoms with Crippen molar-refractivity contribution in [3.8, 4) is 0 Å². The molecule has 5 heteroatoms. The first kappa shape index (κ1) is 22.5. The van der Waals surface area contributed by atoms with Gasteiger partial charge in [0.15, 0.2) is 0 Å². The van der Waals surface area contributed by atoms with Crippen LogP contribution in [0.1, 0.15) is 38.4 Å². The fraction of sp³-hybridized carbons (Fsp3) is 0.308. The van der Waals surface area contributed by atoms with Gasteiger partial charge < -0.3 is 10.1 Å². The highest BCUT2D eigenvalue weighted by molar-refractivity contribution is 5.86. The van der Waals surface area contributed by atoms with Crippen LogP contribution in [0, 0.1) is 5.92 Å². The summed E-state index contributed by atoms with van der Waals surface area (Å²) in [4.78, 5) is 17.2. The topological polar surface area (TPSA) is 63.2 Å². The van der Waals surface area contributed by atoms with Crippen LogP contribution < -0.4 is 10.6 Å². The average molecular weight is 418 g/mol. The number of ether oxygens (including phenoxy) is 1. The molecule has 0 bridgehead atoms. The minimum Gasteiger partial charge on any atom is -0.439 e.